The molecule has 23 heavy (non-hydrogen) atoms. The molecule has 1 aromatic heterocycles. The molecule has 0 N–H and O–H groups in total. The van der Waals surface area contributed by atoms with E-state index >= 15 is 0 Å². The first-order valence-electron chi connectivity index (χ1n) is 7.44. The van der Waals surface area contributed by atoms with Gasteiger partial charge in [-0.3, -0.25) is 0 Å². The first-order chi connectivity index (χ1) is 11.2. The number of halogens is 2. The van der Waals surface area contributed by atoms with Crippen LogP contribution in [-0.4, -0.2) is 49.3 Å². The summed E-state index contributed by atoms with van der Waals surface area (Å²) in [5.41, 5.74) is 0.997. The highest BCUT2D eigenvalue weighted by molar-refractivity contribution is 7.09. The van der Waals surface area contributed by atoms with Gasteiger partial charge in [-0.15, -0.1) is 0 Å². The molecule has 8 heteroatoms. The Morgan fingerprint density at radius 3 is 2.65 bits per heavy atom. The van der Waals surface area contributed by atoms with Crippen LogP contribution in [0.4, 0.5) is 10.8 Å². The van der Waals surface area contributed by atoms with Crippen LogP contribution in [0.5, 0.6) is 0 Å². The normalized spacial score (nSPS) is 15.3. The number of rotatable bonds is 5. The Hall–Kier alpha value is -1.08. The van der Waals surface area contributed by atoms with E-state index in [-0.39, 0.29) is 0 Å². The zero-order valence-corrected chi connectivity index (χ0v) is 15.2. The predicted octanol–water partition coefficient (Wildman–Crippen LogP) is 3.36. The molecule has 2 heterocycles. The predicted molar refractivity (Wildman–Crippen MR) is 96.4 cm³/mol. The zero-order chi connectivity index (χ0) is 16.2. The van der Waals surface area contributed by atoms with Crippen molar-refractivity contribution in [2.45, 2.75) is 6.42 Å². The highest BCUT2D eigenvalue weighted by atomic mass is 35.5. The Balaban J connectivity index is 1.62. The highest BCUT2D eigenvalue weighted by Crippen LogP contribution is 2.33. The molecule has 2 aromatic rings. The van der Waals surface area contributed by atoms with Crippen LogP contribution in [-0.2, 0) is 11.2 Å². The first-order valence-corrected chi connectivity index (χ1v) is 8.97. The summed E-state index contributed by atoms with van der Waals surface area (Å²) in [4.78, 5) is 9.12. The highest BCUT2D eigenvalue weighted by Gasteiger charge is 2.22. The fraction of sp³-hybridized carbons (Fsp3) is 0.467. The van der Waals surface area contributed by atoms with Gasteiger partial charge in [0.25, 0.3) is 0 Å². The van der Waals surface area contributed by atoms with Gasteiger partial charge in [-0.05, 0) is 12.1 Å². The van der Waals surface area contributed by atoms with E-state index in [1.54, 1.807) is 7.11 Å². The molecule has 0 atom stereocenters. The quantitative estimate of drug-likeness (QED) is 0.804. The molecule has 1 aliphatic heterocycles. The lowest BCUT2D eigenvalue weighted by Gasteiger charge is -2.36. The van der Waals surface area contributed by atoms with Crippen LogP contribution in [0.25, 0.3) is 0 Å². The second-order valence-corrected chi connectivity index (χ2v) is 6.80. The molecular weight excluding hydrogens is 355 g/mol. The molecule has 0 unspecified atom stereocenters. The van der Waals surface area contributed by atoms with Gasteiger partial charge in [-0.2, -0.15) is 4.37 Å². The standard InChI is InChI=1S/C15H18Cl2N4OS/c1-22-10-5-13-18-15(23-19-13)21-8-6-20(7-9-21)12-4-2-3-11(16)14(12)17/h2-4H,5-10H2,1H3. The van der Waals surface area contributed by atoms with Gasteiger partial charge >= 0.3 is 0 Å². The molecule has 3 rings (SSSR count). The van der Waals surface area contributed by atoms with Gasteiger partial charge in [-0.1, -0.05) is 29.3 Å². The van der Waals surface area contributed by atoms with E-state index in [4.69, 9.17) is 27.9 Å². The summed E-state index contributed by atoms with van der Waals surface area (Å²) in [7, 11) is 1.69. The molecule has 1 aromatic carbocycles. The summed E-state index contributed by atoms with van der Waals surface area (Å²) in [6, 6.07) is 5.76. The minimum atomic E-state index is 0.596. The number of hydrogen-bond donors (Lipinski definition) is 0. The largest absolute Gasteiger partial charge is 0.384 e. The SMILES string of the molecule is COCCc1nsc(N2CCN(c3cccc(Cl)c3Cl)CC2)n1. The Morgan fingerprint density at radius 1 is 1.17 bits per heavy atom. The van der Waals surface area contributed by atoms with Gasteiger partial charge < -0.3 is 14.5 Å². The summed E-state index contributed by atoms with van der Waals surface area (Å²) in [6.07, 6.45) is 0.755. The van der Waals surface area contributed by atoms with E-state index in [0.717, 1.165) is 49.2 Å². The van der Waals surface area contributed by atoms with Crippen LogP contribution in [0.2, 0.25) is 10.0 Å². The van der Waals surface area contributed by atoms with Crippen molar-refractivity contribution in [1.29, 1.82) is 0 Å². The van der Waals surface area contributed by atoms with Crippen molar-refractivity contribution in [3.63, 3.8) is 0 Å². The van der Waals surface area contributed by atoms with E-state index in [9.17, 15) is 0 Å². The topological polar surface area (TPSA) is 41.5 Å². The second-order valence-electron chi connectivity index (χ2n) is 5.28. The summed E-state index contributed by atoms with van der Waals surface area (Å²) in [5.74, 6) is 0.854. The fourth-order valence-electron chi connectivity index (χ4n) is 2.54. The van der Waals surface area contributed by atoms with Crippen molar-refractivity contribution in [2.75, 3.05) is 49.7 Å². The minimum Gasteiger partial charge on any atom is -0.384 e. The Kier molecular flexibility index (Phi) is 5.58. The third kappa shape index (κ3) is 3.88. The maximum Gasteiger partial charge on any atom is 0.205 e. The first kappa shape index (κ1) is 16.8. The number of nitrogens with zero attached hydrogens (tertiary/aromatic N) is 4. The summed E-state index contributed by atoms with van der Waals surface area (Å²) >= 11 is 13.9. The molecule has 124 valence electrons. The van der Waals surface area contributed by atoms with Gasteiger partial charge in [0.2, 0.25) is 5.13 Å². The molecular formula is C15H18Cl2N4OS. The number of ether oxygens (including phenoxy) is 1. The van der Waals surface area contributed by atoms with Crippen molar-refractivity contribution < 1.29 is 4.74 Å². The lowest BCUT2D eigenvalue weighted by atomic mass is 10.2. The molecule has 0 saturated carbocycles. The maximum absolute atomic E-state index is 6.31. The molecule has 0 radical (unpaired) electrons. The summed E-state index contributed by atoms with van der Waals surface area (Å²) < 4.78 is 9.45. The third-order valence-corrected chi connectivity index (χ3v) is 5.43. The smallest absolute Gasteiger partial charge is 0.205 e. The molecule has 1 aliphatic rings. The molecule has 0 spiro atoms. The Morgan fingerprint density at radius 2 is 1.91 bits per heavy atom. The van der Waals surface area contributed by atoms with Crippen molar-refractivity contribution in [1.82, 2.24) is 9.36 Å². The Labute approximate surface area is 149 Å². The average molecular weight is 373 g/mol. The number of aromatic nitrogens is 2. The van der Waals surface area contributed by atoms with Gasteiger partial charge in [0.05, 0.1) is 22.3 Å². The van der Waals surface area contributed by atoms with Crippen molar-refractivity contribution >= 4 is 45.6 Å². The van der Waals surface area contributed by atoms with E-state index in [1.165, 1.54) is 11.5 Å². The van der Waals surface area contributed by atoms with Crippen molar-refractivity contribution in [3.05, 3.63) is 34.1 Å². The average Bonchev–Trinajstić information content (AvgIpc) is 3.05. The van der Waals surface area contributed by atoms with E-state index in [2.05, 4.69) is 19.2 Å². The van der Waals surface area contributed by atoms with Crippen LogP contribution in [0.15, 0.2) is 18.2 Å². The Bertz CT molecular complexity index is 659. The van der Waals surface area contributed by atoms with Gasteiger partial charge in [-0.25, -0.2) is 4.98 Å². The van der Waals surface area contributed by atoms with E-state index < -0.39 is 0 Å². The van der Waals surface area contributed by atoms with Crippen LogP contribution < -0.4 is 9.80 Å². The molecule has 5 nitrogen and oxygen atoms in total. The van der Waals surface area contributed by atoms with Gasteiger partial charge in [0.15, 0.2) is 0 Å². The summed E-state index contributed by atoms with van der Waals surface area (Å²) in [6.45, 7) is 4.20. The fourth-order valence-corrected chi connectivity index (χ4v) is 3.72. The lowest BCUT2D eigenvalue weighted by molar-refractivity contribution is 0.201. The molecule has 1 saturated heterocycles. The van der Waals surface area contributed by atoms with Gasteiger partial charge in [0.1, 0.15) is 5.82 Å². The number of methoxy groups -OCH3 is 1. The monoisotopic (exact) mass is 372 g/mol. The number of piperazine rings is 1. The van der Waals surface area contributed by atoms with Crippen molar-refractivity contribution in [3.8, 4) is 0 Å². The molecule has 0 bridgehead atoms. The zero-order valence-electron chi connectivity index (χ0n) is 12.8. The molecule has 0 aliphatic carbocycles. The van der Waals surface area contributed by atoms with Crippen LogP contribution in [0.3, 0.4) is 0 Å². The van der Waals surface area contributed by atoms with Crippen LogP contribution >= 0.6 is 34.7 Å². The number of anilines is 2. The lowest BCUT2D eigenvalue weighted by Crippen LogP contribution is -2.46. The maximum atomic E-state index is 6.31. The molecule has 0 amide bonds. The number of hydrogen-bond acceptors (Lipinski definition) is 6. The van der Waals surface area contributed by atoms with Crippen molar-refractivity contribution in [2.24, 2.45) is 0 Å². The van der Waals surface area contributed by atoms with Crippen LogP contribution in [0, 0.1) is 0 Å². The summed E-state index contributed by atoms with van der Waals surface area (Å²) in [5, 5.41) is 2.20. The van der Waals surface area contributed by atoms with Gasteiger partial charge in [0, 0.05) is 51.2 Å². The van der Waals surface area contributed by atoms with E-state index in [1.807, 2.05) is 18.2 Å². The molecule has 1 fully saturated rings. The minimum absolute atomic E-state index is 0.596. The second kappa shape index (κ2) is 7.66. The third-order valence-electron chi connectivity index (χ3n) is 3.81. The number of benzene rings is 1. The van der Waals surface area contributed by atoms with E-state index in [0.29, 0.717) is 16.7 Å². The van der Waals surface area contributed by atoms with Crippen LogP contribution in [0.1, 0.15) is 5.82 Å².